The molecule has 0 aliphatic rings. The number of carbonyl (C=O) groups is 2. The van der Waals surface area contributed by atoms with Crippen LogP contribution in [0.3, 0.4) is 0 Å². The molecule has 0 unspecified atom stereocenters. The third-order valence-electron chi connectivity index (χ3n) is 6.44. The lowest BCUT2D eigenvalue weighted by molar-refractivity contribution is 0.102. The number of thiophene rings is 1. The van der Waals surface area contributed by atoms with E-state index in [0.717, 1.165) is 16.7 Å². The molecule has 0 saturated carbocycles. The van der Waals surface area contributed by atoms with Crippen LogP contribution in [0.5, 0.6) is 0 Å². The maximum absolute atomic E-state index is 14.5. The Bertz CT molecular complexity index is 1610. The first-order valence-electron chi connectivity index (χ1n) is 13.6. The fraction of sp³-hybridized carbons (Fsp3) is 0.161. The van der Waals surface area contributed by atoms with Crippen LogP contribution < -0.4 is 27.1 Å². The first-order valence-corrected chi connectivity index (χ1v) is 14.4. The van der Waals surface area contributed by atoms with Crippen molar-refractivity contribution in [3.05, 3.63) is 101 Å². The van der Waals surface area contributed by atoms with Crippen molar-refractivity contribution >= 4 is 52.1 Å². The maximum atomic E-state index is 14.5. The Balaban J connectivity index is 1.76. The number of hydrogen-bond acceptors (Lipinski definition) is 8. The zero-order valence-electron chi connectivity index (χ0n) is 23.9. The van der Waals surface area contributed by atoms with Gasteiger partial charge in [-0.15, -0.1) is 11.3 Å². The van der Waals surface area contributed by atoms with E-state index in [4.69, 9.17) is 11.1 Å². The van der Waals surface area contributed by atoms with Crippen molar-refractivity contribution in [2.24, 2.45) is 10.8 Å². The summed E-state index contributed by atoms with van der Waals surface area (Å²) in [4.78, 5) is 28.0. The van der Waals surface area contributed by atoms with Crippen molar-refractivity contribution in [2.45, 2.75) is 13.1 Å². The maximum Gasteiger partial charge on any atom is 0.316 e. The third kappa shape index (κ3) is 8.46. The minimum atomic E-state index is -0.694. The predicted molar refractivity (Wildman–Crippen MR) is 173 cm³/mol. The van der Waals surface area contributed by atoms with Crippen LogP contribution in [0.1, 0.15) is 21.5 Å². The summed E-state index contributed by atoms with van der Waals surface area (Å²) in [6, 6.07) is 19.0. The van der Waals surface area contributed by atoms with Crippen molar-refractivity contribution in [3.63, 3.8) is 0 Å². The second-order valence-electron chi connectivity index (χ2n) is 9.65. The number of para-hydroxylation sites is 1. The fourth-order valence-electron chi connectivity index (χ4n) is 4.39. The van der Waals surface area contributed by atoms with Crippen LogP contribution in [0.25, 0.3) is 10.4 Å². The molecular formula is C31H32F2N8O2S. The van der Waals surface area contributed by atoms with Crippen LogP contribution in [0.2, 0.25) is 0 Å². The number of hydrazone groups is 1. The van der Waals surface area contributed by atoms with Gasteiger partial charge >= 0.3 is 6.03 Å². The summed E-state index contributed by atoms with van der Waals surface area (Å²) in [5.74, 6) is -1.78. The van der Waals surface area contributed by atoms with Crippen LogP contribution in [0.4, 0.5) is 30.0 Å². The highest BCUT2D eigenvalue weighted by atomic mass is 32.1. The summed E-state index contributed by atoms with van der Waals surface area (Å²) in [5, 5.41) is 20.0. The summed E-state index contributed by atoms with van der Waals surface area (Å²) < 4.78 is 29.0. The van der Waals surface area contributed by atoms with E-state index in [9.17, 15) is 18.4 Å². The van der Waals surface area contributed by atoms with E-state index in [1.807, 2.05) is 18.0 Å². The number of rotatable bonds is 14. The molecule has 3 amide bonds. The highest BCUT2D eigenvalue weighted by Gasteiger charge is 2.26. The zero-order valence-corrected chi connectivity index (χ0v) is 24.7. The van der Waals surface area contributed by atoms with Gasteiger partial charge < -0.3 is 37.4 Å². The Morgan fingerprint density at radius 3 is 2.30 bits per heavy atom. The fourth-order valence-corrected chi connectivity index (χ4v) is 5.60. The van der Waals surface area contributed by atoms with Crippen LogP contribution in [-0.2, 0) is 13.1 Å². The molecule has 4 rings (SSSR count). The Hall–Kier alpha value is -5.14. The van der Waals surface area contributed by atoms with Gasteiger partial charge in [-0.3, -0.25) is 4.79 Å². The second kappa shape index (κ2) is 15.4. The van der Waals surface area contributed by atoms with Crippen LogP contribution >= 0.6 is 11.3 Å². The highest BCUT2D eigenvalue weighted by Crippen LogP contribution is 2.42. The van der Waals surface area contributed by atoms with E-state index in [0.29, 0.717) is 47.1 Å². The molecule has 7 N–H and O–H groups in total. The van der Waals surface area contributed by atoms with Gasteiger partial charge in [0.1, 0.15) is 16.6 Å². The summed E-state index contributed by atoms with van der Waals surface area (Å²) in [5.41, 5.74) is 10.9. The Kier molecular flexibility index (Phi) is 11.1. The lowest BCUT2D eigenvalue weighted by Crippen LogP contribution is -2.28. The average molecular weight is 619 g/mol. The molecule has 4 aromatic rings. The molecule has 0 spiro atoms. The van der Waals surface area contributed by atoms with E-state index < -0.39 is 17.7 Å². The third-order valence-corrected chi connectivity index (χ3v) is 7.68. The molecule has 1 heterocycles. The standard InChI is InChI=1S/C31H32F2N8O2S/c1-41(17-16-38-37-15-14-34)19-24-27(29(42)39-21-6-3-2-4-7-21)30(36-18-23-25(32)8-5-9-26(23)33)44-28(24)20-10-12-22(13-11-20)40-31(35)43/h2-15,34,36,38H,16-19H2,1H3,(H,39,42)(H3,35,40,43). The highest BCUT2D eigenvalue weighted by molar-refractivity contribution is 7.20. The number of urea groups is 1. The van der Waals surface area contributed by atoms with E-state index in [-0.39, 0.29) is 18.0 Å². The van der Waals surface area contributed by atoms with E-state index >= 15 is 0 Å². The lowest BCUT2D eigenvalue weighted by atomic mass is 10.0. The molecule has 0 aliphatic heterocycles. The Morgan fingerprint density at radius 1 is 0.955 bits per heavy atom. The number of primary amides is 1. The molecule has 13 heteroatoms. The number of nitrogens with zero attached hydrogens (tertiary/aromatic N) is 2. The van der Waals surface area contributed by atoms with Crippen molar-refractivity contribution < 1.29 is 18.4 Å². The minimum Gasteiger partial charge on any atom is -0.372 e. The van der Waals surface area contributed by atoms with E-state index in [2.05, 4.69) is 26.5 Å². The molecule has 0 fully saturated rings. The van der Waals surface area contributed by atoms with Gasteiger partial charge in [0.15, 0.2) is 0 Å². The van der Waals surface area contributed by atoms with Gasteiger partial charge in [0, 0.05) is 54.2 Å². The van der Waals surface area contributed by atoms with Gasteiger partial charge in [-0.2, -0.15) is 5.10 Å². The summed E-state index contributed by atoms with van der Waals surface area (Å²) in [6.45, 7) is 1.19. The van der Waals surface area contributed by atoms with Gasteiger partial charge in [-0.1, -0.05) is 36.4 Å². The van der Waals surface area contributed by atoms with Gasteiger partial charge in [-0.05, 0) is 54.6 Å². The number of carbonyl (C=O) groups excluding carboxylic acids is 2. The SMILES string of the molecule is CN(CCNN=CC=N)Cc1c(-c2ccc(NC(N)=O)cc2)sc(NCc2c(F)cccc2F)c1C(=O)Nc1ccccc1. The summed E-state index contributed by atoms with van der Waals surface area (Å²) >= 11 is 1.29. The molecule has 0 saturated heterocycles. The predicted octanol–water partition coefficient (Wildman–Crippen LogP) is 5.71. The zero-order chi connectivity index (χ0) is 31.5. The largest absolute Gasteiger partial charge is 0.372 e. The van der Waals surface area contributed by atoms with Gasteiger partial charge in [0.25, 0.3) is 5.91 Å². The van der Waals surface area contributed by atoms with Crippen molar-refractivity contribution in [2.75, 3.05) is 36.1 Å². The number of anilines is 3. The number of amides is 3. The first kappa shape index (κ1) is 31.8. The molecule has 0 bridgehead atoms. The average Bonchev–Trinajstić information content (AvgIpc) is 3.35. The number of nitrogens with two attached hydrogens (primary N) is 1. The Morgan fingerprint density at radius 2 is 1.64 bits per heavy atom. The molecule has 10 nitrogen and oxygen atoms in total. The lowest BCUT2D eigenvalue weighted by Gasteiger charge is -2.19. The van der Waals surface area contributed by atoms with Crippen molar-refractivity contribution in [1.82, 2.24) is 10.3 Å². The van der Waals surface area contributed by atoms with Gasteiger partial charge in [-0.25, -0.2) is 13.6 Å². The molecular weight excluding hydrogens is 586 g/mol. The normalized spacial score (nSPS) is 11.0. The Labute approximate surface area is 257 Å². The molecule has 3 aromatic carbocycles. The van der Waals surface area contributed by atoms with Gasteiger partial charge in [0.05, 0.1) is 11.8 Å². The molecule has 228 valence electrons. The molecule has 0 radical (unpaired) electrons. The van der Waals surface area contributed by atoms with Gasteiger partial charge in [0.2, 0.25) is 0 Å². The van der Waals surface area contributed by atoms with E-state index in [1.54, 1.807) is 48.5 Å². The minimum absolute atomic E-state index is 0.144. The number of halogens is 2. The summed E-state index contributed by atoms with van der Waals surface area (Å²) in [7, 11) is 1.89. The number of nitrogens with one attached hydrogen (secondary N) is 5. The van der Waals surface area contributed by atoms with Crippen LogP contribution in [0, 0.1) is 17.0 Å². The molecule has 44 heavy (non-hydrogen) atoms. The van der Waals surface area contributed by atoms with Crippen LogP contribution in [-0.4, -0.2) is 49.4 Å². The smallest absolute Gasteiger partial charge is 0.316 e. The quantitative estimate of drug-likeness (QED) is 0.0609. The monoisotopic (exact) mass is 618 g/mol. The number of likely N-dealkylation sites (N-methyl/N-ethyl adjacent to an activating group) is 1. The van der Waals surface area contributed by atoms with Crippen LogP contribution in [0.15, 0.2) is 77.9 Å². The van der Waals surface area contributed by atoms with Crippen molar-refractivity contribution in [3.8, 4) is 10.4 Å². The first-order chi connectivity index (χ1) is 21.3. The van der Waals surface area contributed by atoms with Crippen molar-refractivity contribution in [1.29, 1.82) is 5.41 Å². The number of benzene rings is 3. The van der Waals surface area contributed by atoms with E-state index in [1.165, 1.54) is 35.8 Å². The molecule has 0 aliphatic carbocycles. The molecule has 0 atom stereocenters. The number of hydrogen-bond donors (Lipinski definition) is 6. The second-order valence-corrected chi connectivity index (χ2v) is 10.7. The topological polar surface area (TPSA) is 148 Å². The molecule has 1 aromatic heterocycles. The summed E-state index contributed by atoms with van der Waals surface area (Å²) in [6.07, 6.45) is 2.40.